The van der Waals surface area contributed by atoms with Crippen LogP contribution in [0.3, 0.4) is 0 Å². The van der Waals surface area contributed by atoms with E-state index in [0.29, 0.717) is 11.3 Å². The topological polar surface area (TPSA) is 107 Å². The summed E-state index contributed by atoms with van der Waals surface area (Å²) in [5, 5.41) is 10.9. The van der Waals surface area contributed by atoms with Gasteiger partial charge >= 0.3 is 5.97 Å². The number of fused-ring (bicyclic) bond motifs is 1. The van der Waals surface area contributed by atoms with Crippen LogP contribution in [0.2, 0.25) is 0 Å². The van der Waals surface area contributed by atoms with Crippen molar-refractivity contribution >= 4 is 35.2 Å². The number of nitro benzene ring substituents is 1. The van der Waals surface area contributed by atoms with E-state index >= 15 is 0 Å². The van der Waals surface area contributed by atoms with Gasteiger partial charge in [0.05, 0.1) is 16.1 Å². The largest absolute Gasteiger partial charge is 0.459 e. The number of thioether (sulfide) groups is 1. The predicted molar refractivity (Wildman–Crippen MR) is 107 cm³/mol. The van der Waals surface area contributed by atoms with E-state index in [1.807, 2.05) is 6.26 Å². The molecule has 0 saturated heterocycles. The number of ether oxygens (including phenoxy) is 1. The van der Waals surface area contributed by atoms with Crippen molar-refractivity contribution in [3.8, 4) is 0 Å². The molecule has 0 aromatic heterocycles. The molecule has 0 aliphatic carbocycles. The number of amides is 2. The first-order valence-corrected chi connectivity index (χ1v) is 10.2. The Morgan fingerprint density at radius 3 is 2.38 bits per heavy atom. The molecule has 29 heavy (non-hydrogen) atoms. The van der Waals surface area contributed by atoms with Crippen molar-refractivity contribution in [1.82, 2.24) is 4.90 Å². The van der Waals surface area contributed by atoms with Crippen LogP contribution in [-0.4, -0.2) is 45.7 Å². The summed E-state index contributed by atoms with van der Waals surface area (Å²) in [5.41, 5.74) is 0.854. The van der Waals surface area contributed by atoms with Gasteiger partial charge in [-0.05, 0) is 36.1 Å². The molecule has 2 aromatic carbocycles. The lowest BCUT2D eigenvalue weighted by molar-refractivity contribution is -0.384. The molecule has 3 rings (SSSR count). The average Bonchev–Trinajstić information content (AvgIpc) is 2.98. The van der Waals surface area contributed by atoms with Crippen molar-refractivity contribution in [3.63, 3.8) is 0 Å². The van der Waals surface area contributed by atoms with Crippen LogP contribution >= 0.6 is 11.8 Å². The molecule has 0 spiro atoms. The number of esters is 1. The van der Waals surface area contributed by atoms with Gasteiger partial charge < -0.3 is 4.74 Å². The van der Waals surface area contributed by atoms with E-state index < -0.39 is 28.7 Å². The summed E-state index contributed by atoms with van der Waals surface area (Å²) < 4.78 is 5.31. The summed E-state index contributed by atoms with van der Waals surface area (Å²) in [5.74, 6) is -1.22. The lowest BCUT2D eigenvalue weighted by Gasteiger charge is -2.24. The van der Waals surface area contributed by atoms with E-state index in [-0.39, 0.29) is 29.8 Å². The first-order valence-electron chi connectivity index (χ1n) is 8.80. The van der Waals surface area contributed by atoms with Gasteiger partial charge in [-0.1, -0.05) is 24.3 Å². The highest BCUT2D eigenvalue weighted by atomic mass is 32.2. The Labute approximate surface area is 171 Å². The van der Waals surface area contributed by atoms with E-state index in [0.717, 1.165) is 4.90 Å². The quantitative estimate of drug-likeness (QED) is 0.283. The number of imide groups is 1. The zero-order valence-corrected chi connectivity index (χ0v) is 16.4. The number of non-ortho nitro benzene ring substituents is 1. The normalized spacial score (nSPS) is 13.9. The minimum Gasteiger partial charge on any atom is -0.459 e. The highest BCUT2D eigenvalue weighted by Gasteiger charge is 2.43. The van der Waals surface area contributed by atoms with Crippen molar-refractivity contribution in [2.75, 3.05) is 12.0 Å². The fourth-order valence-electron chi connectivity index (χ4n) is 3.08. The second kappa shape index (κ2) is 8.87. The first kappa shape index (κ1) is 20.5. The molecule has 2 amide bonds. The van der Waals surface area contributed by atoms with E-state index in [4.69, 9.17) is 4.74 Å². The molecule has 1 aliphatic rings. The minimum atomic E-state index is -1.06. The number of carbonyl (C=O) groups excluding carboxylic acids is 3. The molecule has 0 N–H and O–H groups in total. The number of hydrogen-bond donors (Lipinski definition) is 0. The zero-order valence-electron chi connectivity index (χ0n) is 15.6. The summed E-state index contributed by atoms with van der Waals surface area (Å²) >= 11 is 1.48. The Kier molecular flexibility index (Phi) is 6.28. The molecule has 0 unspecified atom stereocenters. The highest BCUT2D eigenvalue weighted by molar-refractivity contribution is 7.98. The molecule has 0 bridgehead atoms. The van der Waals surface area contributed by atoms with Crippen LogP contribution in [0.25, 0.3) is 0 Å². The molecule has 2 aromatic rings. The number of hydrogen-bond acceptors (Lipinski definition) is 7. The second-order valence-corrected chi connectivity index (χ2v) is 7.34. The van der Waals surface area contributed by atoms with Crippen LogP contribution in [-0.2, 0) is 16.1 Å². The standard InChI is InChI=1S/C20H18N2O6S/c1-29-10-9-17(21-18(23)15-7-2-3-8-16(15)19(21)24)20(25)28-12-13-5-4-6-14(11-13)22(26)27/h2-8,11,17H,9-10,12H2,1H3/t17-/m0/s1. The van der Waals surface area contributed by atoms with Crippen LogP contribution in [0.15, 0.2) is 48.5 Å². The summed E-state index contributed by atoms with van der Waals surface area (Å²) in [7, 11) is 0. The number of benzene rings is 2. The Morgan fingerprint density at radius 1 is 1.14 bits per heavy atom. The van der Waals surface area contributed by atoms with Crippen LogP contribution in [0.5, 0.6) is 0 Å². The van der Waals surface area contributed by atoms with Crippen LogP contribution in [0, 0.1) is 10.1 Å². The molecule has 0 saturated carbocycles. The maximum atomic E-state index is 12.8. The van der Waals surface area contributed by atoms with Crippen molar-refractivity contribution in [3.05, 3.63) is 75.3 Å². The summed E-state index contributed by atoms with van der Waals surface area (Å²) in [6.45, 7) is -0.195. The van der Waals surface area contributed by atoms with Gasteiger partial charge in [0, 0.05) is 12.1 Å². The molecule has 1 heterocycles. The molecule has 1 aliphatic heterocycles. The van der Waals surface area contributed by atoms with Crippen molar-refractivity contribution in [1.29, 1.82) is 0 Å². The number of nitrogens with zero attached hydrogens (tertiary/aromatic N) is 2. The minimum absolute atomic E-state index is 0.113. The average molecular weight is 414 g/mol. The third kappa shape index (κ3) is 4.29. The first-order chi connectivity index (χ1) is 13.9. The lowest BCUT2D eigenvalue weighted by atomic mass is 10.1. The van der Waals surface area contributed by atoms with Crippen molar-refractivity contribution in [2.24, 2.45) is 0 Å². The predicted octanol–water partition coefficient (Wildman–Crippen LogP) is 3.06. The molecule has 0 radical (unpaired) electrons. The highest BCUT2D eigenvalue weighted by Crippen LogP contribution is 2.27. The smallest absolute Gasteiger partial charge is 0.329 e. The number of nitro groups is 1. The molecular formula is C20H18N2O6S. The number of rotatable bonds is 8. The van der Waals surface area contributed by atoms with Gasteiger partial charge in [0.15, 0.2) is 0 Å². The molecule has 9 heteroatoms. The van der Waals surface area contributed by atoms with E-state index in [1.165, 1.54) is 30.0 Å². The Hall–Kier alpha value is -3.20. The van der Waals surface area contributed by atoms with Gasteiger partial charge in [0.25, 0.3) is 17.5 Å². The summed E-state index contributed by atoms with van der Waals surface area (Å²) in [6.07, 6.45) is 2.11. The second-order valence-electron chi connectivity index (χ2n) is 6.36. The molecule has 8 nitrogen and oxygen atoms in total. The van der Waals surface area contributed by atoms with E-state index in [9.17, 15) is 24.5 Å². The monoisotopic (exact) mass is 414 g/mol. The summed E-state index contributed by atoms with van der Waals surface area (Å²) in [6, 6.07) is 11.1. The fourth-order valence-corrected chi connectivity index (χ4v) is 3.54. The fraction of sp³-hybridized carbons (Fsp3) is 0.250. The van der Waals surface area contributed by atoms with Crippen molar-refractivity contribution < 1.29 is 24.0 Å². The van der Waals surface area contributed by atoms with Gasteiger partial charge in [0.2, 0.25) is 0 Å². The van der Waals surface area contributed by atoms with E-state index in [2.05, 4.69) is 0 Å². The van der Waals surface area contributed by atoms with E-state index in [1.54, 1.807) is 30.3 Å². The maximum Gasteiger partial charge on any atom is 0.329 e. The van der Waals surface area contributed by atoms with Crippen LogP contribution in [0.1, 0.15) is 32.7 Å². The maximum absolute atomic E-state index is 12.8. The van der Waals surface area contributed by atoms with Gasteiger partial charge in [-0.3, -0.25) is 24.6 Å². The zero-order chi connectivity index (χ0) is 21.0. The third-order valence-electron chi connectivity index (χ3n) is 4.51. The lowest BCUT2D eigenvalue weighted by Crippen LogP contribution is -2.46. The Morgan fingerprint density at radius 2 is 1.79 bits per heavy atom. The summed E-state index contributed by atoms with van der Waals surface area (Å²) in [4.78, 5) is 49.5. The molecular weight excluding hydrogens is 396 g/mol. The third-order valence-corrected chi connectivity index (χ3v) is 5.15. The molecule has 150 valence electrons. The molecule has 1 atom stereocenters. The van der Waals surface area contributed by atoms with Gasteiger partial charge in [-0.15, -0.1) is 0 Å². The van der Waals surface area contributed by atoms with Crippen LogP contribution in [0.4, 0.5) is 5.69 Å². The molecule has 0 fully saturated rings. The van der Waals surface area contributed by atoms with Crippen molar-refractivity contribution in [2.45, 2.75) is 19.1 Å². The Bertz CT molecular complexity index is 942. The SMILES string of the molecule is CSCC[C@@H](C(=O)OCc1cccc([N+](=O)[O-])c1)N1C(=O)c2ccccc2C1=O. The Balaban J connectivity index is 1.78. The van der Waals surface area contributed by atoms with Gasteiger partial charge in [-0.25, -0.2) is 4.79 Å². The van der Waals surface area contributed by atoms with Gasteiger partial charge in [0.1, 0.15) is 12.6 Å². The van der Waals surface area contributed by atoms with Crippen LogP contribution < -0.4 is 0 Å². The van der Waals surface area contributed by atoms with Gasteiger partial charge in [-0.2, -0.15) is 11.8 Å². The number of carbonyl (C=O) groups is 3.